The summed E-state index contributed by atoms with van der Waals surface area (Å²) in [6, 6.07) is 2.20. The van der Waals surface area contributed by atoms with Gasteiger partial charge in [-0.2, -0.15) is 58.8 Å². The Morgan fingerprint density at radius 3 is 0.600 bits per heavy atom. The third-order valence-electron chi connectivity index (χ3n) is 15.3. The van der Waals surface area contributed by atoms with Crippen molar-refractivity contribution >= 4 is 119 Å². The van der Waals surface area contributed by atoms with Gasteiger partial charge in [-0.3, -0.25) is 24.0 Å². The Hall–Kier alpha value is -4.55. The standard InChI is InChI=1S/5C10H16N2O3S/c5*13-8(14)4-2-1-3-7-9-6(5-16-7)11-10(15)12-9/h5*6-7,9H,1-5H2,(H,13,14)(H2,11,12,15)/t5*6-,7-,9-/m00000/s1. The highest BCUT2D eigenvalue weighted by Gasteiger charge is 2.46. The van der Waals surface area contributed by atoms with E-state index in [9.17, 15) is 47.9 Å². The van der Waals surface area contributed by atoms with Crippen LogP contribution in [0.25, 0.3) is 0 Å². The van der Waals surface area contributed by atoms with E-state index in [1.165, 1.54) is 0 Å². The highest BCUT2D eigenvalue weighted by molar-refractivity contribution is 8.01. The molecule has 0 aromatic heterocycles. The maximum atomic E-state index is 11.1. The van der Waals surface area contributed by atoms with Gasteiger partial charge in [0, 0.05) is 87.1 Å². The quantitative estimate of drug-likeness (QED) is 0.0454. The summed E-state index contributed by atoms with van der Waals surface area (Å²) < 4.78 is 0. The first kappa shape index (κ1) is 64.6. The number of fused-ring (bicyclic) bond motifs is 5. The lowest BCUT2D eigenvalue weighted by atomic mass is 10.0. The average Bonchev–Trinajstić information content (AvgIpc) is 4.34. The molecular formula is C50H80N10O15S5. The Morgan fingerprint density at radius 1 is 0.287 bits per heavy atom. The number of amides is 10. The maximum Gasteiger partial charge on any atom is 0.315 e. The molecule has 10 rings (SSSR count). The summed E-state index contributed by atoms with van der Waals surface area (Å²) in [4.78, 5) is 107. The van der Waals surface area contributed by atoms with Gasteiger partial charge < -0.3 is 78.7 Å². The minimum atomic E-state index is -0.729. The minimum Gasteiger partial charge on any atom is -0.481 e. The van der Waals surface area contributed by atoms with Crippen LogP contribution in [0.4, 0.5) is 24.0 Å². The van der Waals surface area contributed by atoms with E-state index in [1.807, 2.05) is 58.8 Å². The predicted molar refractivity (Wildman–Crippen MR) is 308 cm³/mol. The Morgan fingerprint density at radius 2 is 0.450 bits per heavy atom. The number of urea groups is 5. The molecule has 10 amide bonds. The molecule has 0 unspecified atom stereocenters. The third-order valence-corrected chi connectivity index (χ3v) is 22.9. The van der Waals surface area contributed by atoms with E-state index in [4.69, 9.17) is 25.5 Å². The van der Waals surface area contributed by atoms with Crippen molar-refractivity contribution in [2.45, 2.75) is 215 Å². The summed E-state index contributed by atoms with van der Waals surface area (Å²) in [6.45, 7) is 0. The number of rotatable bonds is 25. The number of thioether (sulfide) groups is 5. The van der Waals surface area contributed by atoms with E-state index in [0.717, 1.165) is 125 Å². The summed E-state index contributed by atoms with van der Waals surface area (Å²) in [5.41, 5.74) is 0. The van der Waals surface area contributed by atoms with E-state index in [1.54, 1.807) is 0 Å². The maximum absolute atomic E-state index is 11.1. The number of nitrogens with one attached hydrogen (secondary N) is 10. The Bertz CT molecular complexity index is 1830. The van der Waals surface area contributed by atoms with E-state index in [-0.39, 0.29) is 123 Å². The van der Waals surface area contributed by atoms with Gasteiger partial charge in [-0.05, 0) is 64.2 Å². The molecule has 15 atom stereocenters. The number of carboxylic acids is 5. The third kappa shape index (κ3) is 21.0. The van der Waals surface area contributed by atoms with Crippen LogP contribution >= 0.6 is 58.8 Å². The molecule has 10 heterocycles. The normalized spacial score (nSPS) is 32.0. The summed E-state index contributed by atoms with van der Waals surface area (Å²) >= 11 is 9.35. The summed E-state index contributed by atoms with van der Waals surface area (Å²) in [6.07, 6.45) is 14.4. The monoisotopic (exact) mass is 1220 g/mol. The van der Waals surface area contributed by atoms with Crippen molar-refractivity contribution in [3.63, 3.8) is 0 Å². The SMILES string of the molecule is O=C(O)CCCC[C@@H]1SC[C@@H]2NC(=O)N[C@@H]21.O=C(O)CCCC[C@@H]1SC[C@@H]2NC(=O)N[C@@H]21.O=C(O)CCCC[C@@H]1SC[C@@H]2NC(=O)N[C@@H]21.O=C(O)CCCC[C@@H]1SC[C@@H]2NC(=O)N[C@@H]21.O=C(O)CCCC[C@@H]1SC[C@@H]2NC(=O)N[C@@H]21. The van der Waals surface area contributed by atoms with E-state index >= 15 is 0 Å². The molecule has 15 N–H and O–H groups in total. The molecule has 10 saturated heterocycles. The van der Waals surface area contributed by atoms with Gasteiger partial charge in [-0.25, -0.2) is 24.0 Å². The van der Waals surface area contributed by atoms with Crippen molar-refractivity contribution in [3.05, 3.63) is 0 Å². The van der Waals surface area contributed by atoms with Gasteiger partial charge in [0.15, 0.2) is 0 Å². The summed E-state index contributed by atoms with van der Waals surface area (Å²) in [5.74, 6) is 1.18. The highest BCUT2D eigenvalue weighted by Crippen LogP contribution is 2.37. The topological polar surface area (TPSA) is 392 Å². The molecule has 25 nitrogen and oxygen atoms in total. The second kappa shape index (κ2) is 32.9. The largest absolute Gasteiger partial charge is 0.481 e. The molecule has 10 fully saturated rings. The van der Waals surface area contributed by atoms with Crippen LogP contribution in [-0.4, -0.2) is 201 Å². The number of unbranched alkanes of at least 4 members (excludes halogenated alkanes) is 5. The van der Waals surface area contributed by atoms with Crippen LogP contribution in [-0.2, 0) is 24.0 Å². The number of carboxylic acid groups (broad SMARTS) is 5. The fourth-order valence-electron chi connectivity index (χ4n) is 11.3. The van der Waals surface area contributed by atoms with Crippen LogP contribution in [0.5, 0.6) is 0 Å². The van der Waals surface area contributed by atoms with Gasteiger partial charge in [0.25, 0.3) is 0 Å². The Kier molecular flexibility index (Phi) is 26.6. The van der Waals surface area contributed by atoms with E-state index in [0.29, 0.717) is 26.2 Å². The molecule has 30 heteroatoms. The van der Waals surface area contributed by atoms with Gasteiger partial charge in [-0.15, -0.1) is 0 Å². The molecule has 80 heavy (non-hydrogen) atoms. The highest BCUT2D eigenvalue weighted by atomic mass is 32.2. The molecule has 10 aliphatic rings. The van der Waals surface area contributed by atoms with Crippen LogP contribution in [0, 0.1) is 0 Å². The lowest BCUT2D eigenvalue weighted by molar-refractivity contribution is -0.138. The van der Waals surface area contributed by atoms with Crippen LogP contribution in [0.1, 0.15) is 128 Å². The van der Waals surface area contributed by atoms with Crippen molar-refractivity contribution in [1.82, 2.24) is 53.2 Å². The second-order valence-corrected chi connectivity index (χ2v) is 27.7. The van der Waals surface area contributed by atoms with Crippen LogP contribution in [0.3, 0.4) is 0 Å². The lowest BCUT2D eigenvalue weighted by Crippen LogP contribution is -2.36. The first-order valence-electron chi connectivity index (χ1n) is 27.9. The zero-order chi connectivity index (χ0) is 57.7. The van der Waals surface area contributed by atoms with Gasteiger partial charge in [0.05, 0.1) is 60.4 Å². The van der Waals surface area contributed by atoms with Gasteiger partial charge in [-0.1, -0.05) is 32.1 Å². The fraction of sp³-hybridized carbons (Fsp3) is 0.800. The molecule has 450 valence electrons. The van der Waals surface area contributed by atoms with Gasteiger partial charge >= 0.3 is 60.0 Å². The molecule has 0 aromatic rings. The number of aliphatic carboxylic acids is 5. The molecule has 0 aliphatic carbocycles. The number of hydrogen-bond acceptors (Lipinski definition) is 15. The first-order valence-corrected chi connectivity index (χ1v) is 33.1. The van der Waals surface area contributed by atoms with Gasteiger partial charge in [0.2, 0.25) is 0 Å². The van der Waals surface area contributed by atoms with Crippen molar-refractivity contribution in [1.29, 1.82) is 0 Å². The van der Waals surface area contributed by atoms with E-state index in [2.05, 4.69) is 53.2 Å². The molecule has 0 spiro atoms. The van der Waals surface area contributed by atoms with E-state index < -0.39 is 29.8 Å². The van der Waals surface area contributed by atoms with Crippen molar-refractivity contribution < 1.29 is 73.5 Å². The first-order chi connectivity index (χ1) is 38.3. The predicted octanol–water partition coefficient (Wildman–Crippen LogP) is 3.98. The number of hydrogen-bond donors (Lipinski definition) is 15. The summed E-state index contributed by atoms with van der Waals surface area (Å²) in [7, 11) is 0. The smallest absolute Gasteiger partial charge is 0.315 e. The molecule has 0 saturated carbocycles. The zero-order valence-electron chi connectivity index (χ0n) is 44.7. The number of carbonyl (C=O) groups is 10. The molecular weight excluding hydrogens is 1140 g/mol. The molecule has 0 bridgehead atoms. The average molecular weight is 1220 g/mol. The minimum absolute atomic E-state index is 0.0640. The molecule has 0 radical (unpaired) electrons. The van der Waals surface area contributed by atoms with Crippen molar-refractivity contribution in [2.24, 2.45) is 0 Å². The van der Waals surface area contributed by atoms with Crippen LogP contribution < -0.4 is 53.2 Å². The zero-order valence-corrected chi connectivity index (χ0v) is 48.8. The van der Waals surface area contributed by atoms with Gasteiger partial charge in [0.1, 0.15) is 0 Å². The molecule has 10 aliphatic heterocycles. The van der Waals surface area contributed by atoms with Crippen molar-refractivity contribution in [3.8, 4) is 0 Å². The summed E-state index contributed by atoms with van der Waals surface area (Å²) in [5, 5.41) is 73.9. The van der Waals surface area contributed by atoms with Crippen LogP contribution in [0.15, 0.2) is 0 Å². The Labute approximate surface area is 486 Å². The molecule has 0 aromatic carbocycles. The number of carbonyl (C=O) groups excluding carboxylic acids is 5. The lowest BCUT2D eigenvalue weighted by Gasteiger charge is -2.16. The van der Waals surface area contributed by atoms with Crippen LogP contribution in [0.2, 0.25) is 0 Å². The second-order valence-electron chi connectivity index (χ2n) is 21.3. The fourth-order valence-corrected chi connectivity index (χ4v) is 19.0. The Balaban J connectivity index is 0.000000161. The van der Waals surface area contributed by atoms with Crippen molar-refractivity contribution in [2.75, 3.05) is 28.8 Å².